The summed E-state index contributed by atoms with van der Waals surface area (Å²) in [5.74, 6) is 0. The van der Waals surface area contributed by atoms with Crippen LogP contribution in [0.25, 0.3) is 5.69 Å². The molecule has 1 aliphatic rings. The van der Waals surface area contributed by atoms with E-state index in [9.17, 15) is 4.79 Å². The molecule has 28 heavy (non-hydrogen) atoms. The number of aromatic nitrogens is 2. The lowest BCUT2D eigenvalue weighted by molar-refractivity contribution is 0.576. The van der Waals surface area contributed by atoms with E-state index in [-0.39, 0.29) is 10.6 Å². The van der Waals surface area contributed by atoms with Crippen molar-refractivity contribution in [1.29, 1.82) is 0 Å². The molecule has 0 unspecified atom stereocenters. The van der Waals surface area contributed by atoms with Gasteiger partial charge in [-0.15, -0.1) is 0 Å². The number of nitrogens with zero attached hydrogens (tertiary/aromatic N) is 3. The number of halogens is 1. The Bertz CT molecular complexity index is 997. The molecule has 0 saturated carbocycles. The number of benzene rings is 2. The average Bonchev–Trinajstić information content (AvgIpc) is 2.76. The molecule has 0 spiro atoms. The molecule has 0 radical (unpaired) electrons. The maximum absolute atomic E-state index is 12.6. The lowest BCUT2D eigenvalue weighted by Crippen LogP contribution is -2.30. The summed E-state index contributed by atoms with van der Waals surface area (Å²) in [5, 5.41) is 7.72. The van der Waals surface area contributed by atoms with E-state index in [2.05, 4.69) is 33.5 Å². The van der Waals surface area contributed by atoms with Gasteiger partial charge in [0.2, 0.25) is 0 Å². The first-order valence-electron chi connectivity index (χ1n) is 9.64. The topological polar surface area (TPSA) is 50.2 Å². The van der Waals surface area contributed by atoms with E-state index in [1.807, 2.05) is 36.4 Å². The monoisotopic (exact) mass is 394 g/mol. The molecular weight excluding hydrogens is 372 g/mol. The zero-order valence-corrected chi connectivity index (χ0v) is 16.4. The molecule has 0 atom stereocenters. The molecular formula is C22H23ClN4O. The third kappa shape index (κ3) is 3.90. The van der Waals surface area contributed by atoms with Crippen LogP contribution in [0.3, 0.4) is 0 Å². The Kier molecular flexibility index (Phi) is 5.63. The first-order chi connectivity index (χ1) is 13.7. The van der Waals surface area contributed by atoms with Crippen LogP contribution in [0.5, 0.6) is 0 Å². The van der Waals surface area contributed by atoms with Crippen molar-refractivity contribution in [3.8, 4) is 5.69 Å². The Balaban J connectivity index is 1.55. The van der Waals surface area contributed by atoms with Crippen molar-refractivity contribution >= 4 is 23.0 Å². The zero-order valence-electron chi connectivity index (χ0n) is 15.6. The predicted octanol–water partition coefficient (Wildman–Crippen LogP) is 4.49. The number of piperidine rings is 1. The van der Waals surface area contributed by atoms with Crippen LogP contribution in [-0.2, 0) is 6.54 Å². The van der Waals surface area contributed by atoms with Crippen molar-refractivity contribution in [3.63, 3.8) is 0 Å². The van der Waals surface area contributed by atoms with Crippen LogP contribution in [0.1, 0.15) is 24.8 Å². The van der Waals surface area contributed by atoms with Gasteiger partial charge in [0.1, 0.15) is 5.02 Å². The fraction of sp³-hybridized carbons (Fsp3) is 0.273. The van der Waals surface area contributed by atoms with Gasteiger partial charge in [0, 0.05) is 25.3 Å². The quantitative estimate of drug-likeness (QED) is 0.692. The molecule has 0 amide bonds. The minimum atomic E-state index is -0.331. The van der Waals surface area contributed by atoms with Crippen LogP contribution in [0, 0.1) is 0 Å². The molecule has 1 aliphatic heterocycles. The smallest absolute Gasteiger partial charge is 0.292 e. The molecule has 5 nitrogen and oxygen atoms in total. The van der Waals surface area contributed by atoms with E-state index < -0.39 is 0 Å². The van der Waals surface area contributed by atoms with Crippen molar-refractivity contribution < 1.29 is 0 Å². The lowest BCUT2D eigenvalue weighted by Gasteiger charge is -2.30. The summed E-state index contributed by atoms with van der Waals surface area (Å²) in [4.78, 5) is 15.1. The molecule has 1 aromatic heterocycles. The molecule has 6 heteroatoms. The van der Waals surface area contributed by atoms with Gasteiger partial charge in [0.15, 0.2) is 0 Å². The van der Waals surface area contributed by atoms with Crippen LogP contribution in [0.4, 0.5) is 11.4 Å². The fourth-order valence-corrected chi connectivity index (χ4v) is 3.80. The fourth-order valence-electron chi connectivity index (χ4n) is 3.60. The zero-order chi connectivity index (χ0) is 19.3. The van der Waals surface area contributed by atoms with Gasteiger partial charge in [-0.2, -0.15) is 9.78 Å². The van der Waals surface area contributed by atoms with Gasteiger partial charge >= 0.3 is 0 Å². The summed E-state index contributed by atoms with van der Waals surface area (Å²) in [5.41, 5.74) is 3.34. The number of nitrogens with one attached hydrogen (secondary N) is 1. The summed E-state index contributed by atoms with van der Waals surface area (Å²) in [7, 11) is 0. The van der Waals surface area contributed by atoms with E-state index in [4.69, 9.17) is 11.6 Å². The van der Waals surface area contributed by atoms with Crippen LogP contribution in [0.2, 0.25) is 5.02 Å². The van der Waals surface area contributed by atoms with Crippen molar-refractivity contribution in [2.45, 2.75) is 25.8 Å². The number of anilines is 2. The molecule has 144 valence electrons. The van der Waals surface area contributed by atoms with Crippen molar-refractivity contribution in [2.24, 2.45) is 0 Å². The van der Waals surface area contributed by atoms with Crippen LogP contribution in [-0.4, -0.2) is 22.9 Å². The van der Waals surface area contributed by atoms with E-state index in [1.165, 1.54) is 35.2 Å². The van der Waals surface area contributed by atoms with Crippen molar-refractivity contribution in [1.82, 2.24) is 9.78 Å². The SMILES string of the molecule is O=c1c(Cl)c(NCc2ccccc2N2CCCCC2)cnn1-c1ccccc1. The third-order valence-corrected chi connectivity index (χ3v) is 5.44. The van der Waals surface area contributed by atoms with Crippen LogP contribution in [0.15, 0.2) is 65.6 Å². The summed E-state index contributed by atoms with van der Waals surface area (Å²) in [6.45, 7) is 2.77. The molecule has 1 fully saturated rings. The van der Waals surface area contributed by atoms with Crippen molar-refractivity contribution in [2.75, 3.05) is 23.3 Å². The average molecular weight is 395 g/mol. The summed E-state index contributed by atoms with van der Waals surface area (Å²) < 4.78 is 1.31. The number of hydrogen-bond acceptors (Lipinski definition) is 4. The van der Waals surface area contributed by atoms with E-state index in [0.29, 0.717) is 17.9 Å². The van der Waals surface area contributed by atoms with E-state index in [1.54, 1.807) is 6.20 Å². The third-order valence-electron chi connectivity index (χ3n) is 5.08. The lowest BCUT2D eigenvalue weighted by atomic mass is 10.1. The van der Waals surface area contributed by atoms with Gasteiger partial charge in [0.05, 0.1) is 17.6 Å². The van der Waals surface area contributed by atoms with Gasteiger partial charge < -0.3 is 10.2 Å². The highest BCUT2D eigenvalue weighted by Crippen LogP contribution is 2.26. The summed E-state index contributed by atoms with van der Waals surface area (Å²) in [6, 6.07) is 17.7. The van der Waals surface area contributed by atoms with Gasteiger partial charge in [0.25, 0.3) is 5.56 Å². The molecule has 0 aliphatic carbocycles. The molecule has 3 aromatic rings. The standard InChI is InChI=1S/C22H23ClN4O/c23-21-19(16-25-27(22(21)28)18-10-3-1-4-11-18)24-15-17-9-5-6-12-20(17)26-13-7-2-8-14-26/h1,3-6,9-12,16,24H,2,7-8,13-15H2. The summed E-state index contributed by atoms with van der Waals surface area (Å²) >= 11 is 6.36. The second kappa shape index (κ2) is 8.48. The molecule has 2 aromatic carbocycles. The maximum Gasteiger partial charge on any atom is 0.292 e. The Morgan fingerprint density at radius 2 is 1.68 bits per heavy atom. The predicted molar refractivity (Wildman–Crippen MR) is 115 cm³/mol. The largest absolute Gasteiger partial charge is 0.378 e. The Labute approximate surface area is 169 Å². The Hall–Kier alpha value is -2.79. The van der Waals surface area contributed by atoms with Gasteiger partial charge in [-0.3, -0.25) is 4.79 Å². The molecule has 1 saturated heterocycles. The normalized spacial score (nSPS) is 14.1. The molecule has 2 heterocycles. The minimum Gasteiger partial charge on any atom is -0.378 e. The highest BCUT2D eigenvalue weighted by atomic mass is 35.5. The van der Waals surface area contributed by atoms with Gasteiger partial charge in [-0.25, -0.2) is 0 Å². The van der Waals surface area contributed by atoms with E-state index in [0.717, 1.165) is 13.1 Å². The first-order valence-corrected chi connectivity index (χ1v) is 10.0. The maximum atomic E-state index is 12.6. The molecule has 1 N–H and O–H groups in total. The highest BCUT2D eigenvalue weighted by molar-refractivity contribution is 6.32. The van der Waals surface area contributed by atoms with Gasteiger partial charge in [-0.05, 0) is 43.0 Å². The second-order valence-corrected chi connectivity index (χ2v) is 7.33. The summed E-state index contributed by atoms with van der Waals surface area (Å²) in [6.07, 6.45) is 5.38. The number of para-hydroxylation sites is 2. The number of hydrogen-bond donors (Lipinski definition) is 1. The molecule has 4 rings (SSSR count). The molecule has 0 bridgehead atoms. The van der Waals surface area contributed by atoms with Crippen molar-refractivity contribution in [3.05, 3.63) is 81.7 Å². The number of rotatable bonds is 5. The highest BCUT2D eigenvalue weighted by Gasteiger charge is 2.15. The minimum absolute atomic E-state index is 0.148. The Morgan fingerprint density at radius 3 is 2.46 bits per heavy atom. The van der Waals surface area contributed by atoms with E-state index >= 15 is 0 Å². The second-order valence-electron chi connectivity index (χ2n) is 6.95. The first kappa shape index (κ1) is 18.6. The van der Waals surface area contributed by atoms with Crippen LogP contribution < -0.4 is 15.8 Å². The van der Waals surface area contributed by atoms with Crippen LogP contribution >= 0.6 is 11.6 Å². The van der Waals surface area contributed by atoms with Gasteiger partial charge in [-0.1, -0.05) is 48.0 Å². The Morgan fingerprint density at radius 1 is 0.964 bits per heavy atom.